The first-order valence-electron chi connectivity index (χ1n) is 4.51. The lowest BCUT2D eigenvalue weighted by atomic mass is 10.2. The summed E-state index contributed by atoms with van der Waals surface area (Å²) in [6, 6.07) is 8.01. The van der Waals surface area contributed by atoms with E-state index in [4.69, 9.17) is 11.2 Å². The number of rotatable bonds is 4. The van der Waals surface area contributed by atoms with Crippen LogP contribution in [0, 0.1) is 12.3 Å². The van der Waals surface area contributed by atoms with Gasteiger partial charge in [0.1, 0.15) is 5.75 Å². The molecule has 0 aliphatic rings. The van der Waals surface area contributed by atoms with E-state index in [1.165, 1.54) is 5.56 Å². The Morgan fingerprint density at radius 3 is 2.93 bits per heavy atom. The Bertz CT molecular complexity index is 327. The second kappa shape index (κ2) is 5.31. The van der Waals surface area contributed by atoms with E-state index in [1.807, 2.05) is 25.2 Å². The third kappa shape index (κ3) is 3.12. The van der Waals surface area contributed by atoms with E-state index in [-0.39, 0.29) is 0 Å². The summed E-state index contributed by atoms with van der Waals surface area (Å²) in [6.45, 7) is 1.51. The molecule has 0 bridgehead atoms. The van der Waals surface area contributed by atoms with Crippen molar-refractivity contribution in [2.75, 3.05) is 20.7 Å². The fraction of sp³-hybridized carbons (Fsp3) is 0.333. The summed E-state index contributed by atoms with van der Waals surface area (Å²) in [5.41, 5.74) is 1.21. The van der Waals surface area contributed by atoms with Gasteiger partial charge in [-0.3, -0.25) is 4.90 Å². The van der Waals surface area contributed by atoms with Crippen LogP contribution in [0.1, 0.15) is 5.56 Å². The van der Waals surface area contributed by atoms with Crippen molar-refractivity contribution in [3.63, 3.8) is 0 Å². The van der Waals surface area contributed by atoms with Crippen molar-refractivity contribution < 1.29 is 4.74 Å². The highest BCUT2D eigenvalue weighted by molar-refractivity contribution is 5.28. The van der Waals surface area contributed by atoms with Gasteiger partial charge >= 0.3 is 0 Å². The molecule has 0 radical (unpaired) electrons. The average molecular weight is 189 g/mol. The minimum absolute atomic E-state index is 0.664. The Morgan fingerprint density at radius 1 is 1.50 bits per heavy atom. The SMILES string of the molecule is C#CCN(C)Cc1cccc(OC)c1. The topological polar surface area (TPSA) is 12.5 Å². The van der Waals surface area contributed by atoms with Gasteiger partial charge < -0.3 is 4.74 Å². The van der Waals surface area contributed by atoms with E-state index < -0.39 is 0 Å². The van der Waals surface area contributed by atoms with Gasteiger partial charge in [-0.2, -0.15) is 0 Å². The van der Waals surface area contributed by atoms with Crippen LogP contribution in [0.5, 0.6) is 5.75 Å². The van der Waals surface area contributed by atoms with Crippen molar-refractivity contribution in [1.29, 1.82) is 0 Å². The van der Waals surface area contributed by atoms with Crippen LogP contribution in [-0.2, 0) is 6.54 Å². The summed E-state index contributed by atoms with van der Waals surface area (Å²) in [5.74, 6) is 3.50. The molecule has 0 saturated carbocycles. The smallest absolute Gasteiger partial charge is 0.119 e. The van der Waals surface area contributed by atoms with Crippen LogP contribution in [0.2, 0.25) is 0 Å². The number of methoxy groups -OCH3 is 1. The predicted octanol–water partition coefficient (Wildman–Crippen LogP) is 1.76. The third-order valence-corrected chi connectivity index (χ3v) is 1.95. The Balaban J connectivity index is 2.63. The maximum Gasteiger partial charge on any atom is 0.119 e. The molecule has 0 amide bonds. The van der Waals surface area contributed by atoms with E-state index >= 15 is 0 Å². The van der Waals surface area contributed by atoms with E-state index in [2.05, 4.69) is 16.9 Å². The average Bonchev–Trinajstić information content (AvgIpc) is 2.18. The lowest BCUT2D eigenvalue weighted by Gasteiger charge is -2.13. The Morgan fingerprint density at radius 2 is 2.29 bits per heavy atom. The van der Waals surface area contributed by atoms with Gasteiger partial charge in [-0.05, 0) is 24.7 Å². The van der Waals surface area contributed by atoms with Crippen LogP contribution >= 0.6 is 0 Å². The zero-order valence-corrected chi connectivity index (χ0v) is 8.66. The molecule has 0 aliphatic carbocycles. The van der Waals surface area contributed by atoms with Gasteiger partial charge in [-0.15, -0.1) is 6.42 Å². The van der Waals surface area contributed by atoms with Gasteiger partial charge in [-0.25, -0.2) is 0 Å². The molecule has 74 valence electrons. The van der Waals surface area contributed by atoms with Crippen LogP contribution in [0.3, 0.4) is 0 Å². The van der Waals surface area contributed by atoms with Gasteiger partial charge in [0, 0.05) is 6.54 Å². The summed E-state index contributed by atoms with van der Waals surface area (Å²) in [5, 5.41) is 0. The molecule has 0 heterocycles. The minimum atomic E-state index is 0.664. The lowest BCUT2D eigenvalue weighted by molar-refractivity contribution is 0.366. The summed E-state index contributed by atoms with van der Waals surface area (Å²) < 4.78 is 5.14. The first kappa shape index (κ1) is 10.6. The van der Waals surface area contributed by atoms with Gasteiger partial charge in [0.15, 0.2) is 0 Å². The molecule has 0 N–H and O–H groups in total. The summed E-state index contributed by atoms with van der Waals surface area (Å²) in [4.78, 5) is 2.08. The van der Waals surface area contributed by atoms with Crippen LogP contribution < -0.4 is 4.74 Å². The molecule has 1 rings (SSSR count). The molecule has 0 fully saturated rings. The number of terminal acetylenes is 1. The summed E-state index contributed by atoms with van der Waals surface area (Å²) in [6.07, 6.45) is 5.22. The highest BCUT2D eigenvalue weighted by Gasteiger charge is 1.99. The Labute approximate surface area is 85.5 Å². The molecule has 1 aromatic rings. The molecule has 0 aromatic heterocycles. The van der Waals surface area contributed by atoms with Crippen molar-refractivity contribution in [1.82, 2.24) is 4.90 Å². The number of hydrogen-bond donors (Lipinski definition) is 0. The highest BCUT2D eigenvalue weighted by Crippen LogP contribution is 2.13. The summed E-state index contributed by atoms with van der Waals surface area (Å²) in [7, 11) is 3.67. The van der Waals surface area contributed by atoms with Crippen LogP contribution in [-0.4, -0.2) is 25.6 Å². The molecule has 2 nitrogen and oxygen atoms in total. The maximum absolute atomic E-state index is 5.22. The van der Waals surface area contributed by atoms with E-state index in [0.717, 1.165) is 12.3 Å². The monoisotopic (exact) mass is 189 g/mol. The van der Waals surface area contributed by atoms with Gasteiger partial charge in [0.2, 0.25) is 0 Å². The molecule has 0 spiro atoms. The molecule has 0 unspecified atom stereocenters. The van der Waals surface area contributed by atoms with Gasteiger partial charge in [0.05, 0.1) is 13.7 Å². The second-order valence-electron chi connectivity index (χ2n) is 3.23. The number of nitrogens with zero attached hydrogens (tertiary/aromatic N) is 1. The van der Waals surface area contributed by atoms with Gasteiger partial charge in [-0.1, -0.05) is 18.1 Å². The molecule has 0 atom stereocenters. The van der Waals surface area contributed by atoms with Crippen molar-refractivity contribution >= 4 is 0 Å². The molecular weight excluding hydrogens is 174 g/mol. The highest BCUT2D eigenvalue weighted by atomic mass is 16.5. The largest absolute Gasteiger partial charge is 0.497 e. The van der Waals surface area contributed by atoms with Gasteiger partial charge in [0.25, 0.3) is 0 Å². The summed E-state index contributed by atoms with van der Waals surface area (Å²) >= 11 is 0. The van der Waals surface area contributed by atoms with Crippen LogP contribution in [0.15, 0.2) is 24.3 Å². The number of benzene rings is 1. The quantitative estimate of drug-likeness (QED) is 0.669. The fourth-order valence-electron chi connectivity index (χ4n) is 1.29. The van der Waals surface area contributed by atoms with Crippen molar-refractivity contribution in [2.45, 2.75) is 6.54 Å². The first-order valence-corrected chi connectivity index (χ1v) is 4.51. The predicted molar refractivity (Wildman–Crippen MR) is 58.2 cm³/mol. The normalized spacial score (nSPS) is 9.86. The maximum atomic E-state index is 5.22. The van der Waals surface area contributed by atoms with E-state index in [9.17, 15) is 0 Å². The lowest BCUT2D eigenvalue weighted by Crippen LogP contribution is -2.17. The van der Waals surface area contributed by atoms with E-state index in [0.29, 0.717) is 6.54 Å². The number of ether oxygens (including phenoxy) is 1. The van der Waals surface area contributed by atoms with Crippen LogP contribution in [0.25, 0.3) is 0 Å². The fourth-order valence-corrected chi connectivity index (χ4v) is 1.29. The van der Waals surface area contributed by atoms with E-state index in [1.54, 1.807) is 7.11 Å². The zero-order valence-electron chi connectivity index (χ0n) is 8.66. The molecule has 0 aliphatic heterocycles. The minimum Gasteiger partial charge on any atom is -0.497 e. The molecule has 14 heavy (non-hydrogen) atoms. The number of hydrogen-bond acceptors (Lipinski definition) is 2. The zero-order chi connectivity index (χ0) is 10.4. The van der Waals surface area contributed by atoms with Crippen molar-refractivity contribution in [2.24, 2.45) is 0 Å². The molecular formula is C12H15NO. The second-order valence-corrected chi connectivity index (χ2v) is 3.23. The molecule has 0 saturated heterocycles. The van der Waals surface area contributed by atoms with Crippen molar-refractivity contribution in [3.05, 3.63) is 29.8 Å². The Kier molecular flexibility index (Phi) is 4.03. The molecule has 2 heteroatoms. The molecule has 1 aromatic carbocycles. The van der Waals surface area contributed by atoms with Crippen molar-refractivity contribution in [3.8, 4) is 18.1 Å². The van der Waals surface area contributed by atoms with Crippen LogP contribution in [0.4, 0.5) is 0 Å². The first-order chi connectivity index (χ1) is 6.76. The Hall–Kier alpha value is -1.46. The third-order valence-electron chi connectivity index (χ3n) is 1.95. The standard InChI is InChI=1S/C12H15NO/c1-4-8-13(2)10-11-6-5-7-12(9-11)14-3/h1,5-7,9H,8,10H2,2-3H3.